The summed E-state index contributed by atoms with van der Waals surface area (Å²) in [6, 6.07) is 5.24. The minimum Gasteiger partial charge on any atom is -0.337 e. The highest BCUT2D eigenvalue weighted by atomic mass is 32.2. The predicted molar refractivity (Wildman–Crippen MR) is 65.2 cm³/mol. The Labute approximate surface area is 104 Å². The van der Waals surface area contributed by atoms with Crippen molar-refractivity contribution in [3.8, 4) is 0 Å². The number of sulfonamides is 1. The SMILES string of the molecule is Cc1nc(S(=O)(=O)Nc2cccc(F)c2)cn1C. The molecule has 5 nitrogen and oxygen atoms in total. The standard InChI is InChI=1S/C11H12FN3O2S/c1-8-13-11(7-15(8)2)18(16,17)14-10-5-3-4-9(12)6-10/h3-7,14H,1-2H3. The predicted octanol–water partition coefficient (Wildman–Crippen LogP) is 1.67. The third kappa shape index (κ3) is 2.51. The molecule has 18 heavy (non-hydrogen) atoms. The van der Waals surface area contributed by atoms with Crippen molar-refractivity contribution in [2.75, 3.05) is 4.72 Å². The Morgan fingerprint density at radius 3 is 2.67 bits per heavy atom. The molecule has 7 heteroatoms. The van der Waals surface area contributed by atoms with Crippen molar-refractivity contribution in [1.82, 2.24) is 9.55 Å². The normalized spacial score (nSPS) is 11.5. The van der Waals surface area contributed by atoms with Crippen molar-refractivity contribution in [2.45, 2.75) is 11.9 Å². The van der Waals surface area contributed by atoms with Gasteiger partial charge in [-0.3, -0.25) is 4.72 Å². The summed E-state index contributed by atoms with van der Waals surface area (Å²) >= 11 is 0. The Bertz CT molecular complexity index is 660. The van der Waals surface area contributed by atoms with Gasteiger partial charge in [-0.25, -0.2) is 9.37 Å². The van der Waals surface area contributed by atoms with E-state index in [4.69, 9.17) is 0 Å². The minimum absolute atomic E-state index is 0.0910. The third-order valence-corrected chi connectivity index (χ3v) is 3.69. The van der Waals surface area contributed by atoms with Crippen molar-refractivity contribution in [1.29, 1.82) is 0 Å². The number of halogens is 1. The number of hydrogen-bond donors (Lipinski definition) is 1. The van der Waals surface area contributed by atoms with Crippen molar-refractivity contribution in [2.24, 2.45) is 7.05 Å². The molecular formula is C11H12FN3O2S. The number of anilines is 1. The highest BCUT2D eigenvalue weighted by Gasteiger charge is 2.18. The van der Waals surface area contributed by atoms with Gasteiger partial charge in [0.05, 0.1) is 5.69 Å². The van der Waals surface area contributed by atoms with Crippen LogP contribution < -0.4 is 4.72 Å². The van der Waals surface area contributed by atoms with Crippen LogP contribution in [0.15, 0.2) is 35.5 Å². The zero-order chi connectivity index (χ0) is 13.3. The average Bonchev–Trinajstić information content (AvgIpc) is 2.59. The summed E-state index contributed by atoms with van der Waals surface area (Å²) in [5.41, 5.74) is 0.165. The zero-order valence-corrected chi connectivity index (χ0v) is 10.7. The maximum Gasteiger partial charge on any atom is 0.280 e. The lowest BCUT2D eigenvalue weighted by molar-refractivity contribution is 0.598. The molecule has 2 rings (SSSR count). The number of aryl methyl sites for hydroxylation is 2. The molecule has 1 aromatic carbocycles. The molecule has 0 unspecified atom stereocenters. The highest BCUT2D eigenvalue weighted by Crippen LogP contribution is 2.16. The number of imidazole rings is 1. The molecule has 1 N–H and O–H groups in total. The first-order valence-corrected chi connectivity index (χ1v) is 6.65. The van der Waals surface area contributed by atoms with Gasteiger partial charge >= 0.3 is 0 Å². The Kier molecular flexibility index (Phi) is 3.08. The Hall–Kier alpha value is -1.89. The van der Waals surface area contributed by atoms with Gasteiger partial charge in [0.25, 0.3) is 10.0 Å². The maximum atomic E-state index is 13.0. The summed E-state index contributed by atoms with van der Waals surface area (Å²) in [6.45, 7) is 1.70. The van der Waals surface area contributed by atoms with E-state index >= 15 is 0 Å². The fourth-order valence-electron chi connectivity index (χ4n) is 1.42. The van der Waals surface area contributed by atoms with E-state index in [1.54, 1.807) is 18.5 Å². The van der Waals surface area contributed by atoms with Gasteiger partial charge in [-0.1, -0.05) is 6.07 Å². The second kappa shape index (κ2) is 4.41. The second-order valence-electron chi connectivity index (χ2n) is 3.85. The van der Waals surface area contributed by atoms with Gasteiger partial charge in [-0.05, 0) is 25.1 Å². The average molecular weight is 269 g/mol. The van der Waals surface area contributed by atoms with E-state index in [0.29, 0.717) is 5.82 Å². The quantitative estimate of drug-likeness (QED) is 0.921. The zero-order valence-electron chi connectivity index (χ0n) is 9.88. The molecule has 0 radical (unpaired) electrons. The van der Waals surface area contributed by atoms with Crippen LogP contribution in [0.2, 0.25) is 0 Å². The van der Waals surface area contributed by atoms with Crippen molar-refractivity contribution in [3.63, 3.8) is 0 Å². The summed E-state index contributed by atoms with van der Waals surface area (Å²) in [6.07, 6.45) is 1.40. The highest BCUT2D eigenvalue weighted by molar-refractivity contribution is 7.92. The molecule has 0 aliphatic carbocycles. The molecule has 1 aromatic heterocycles. The number of aromatic nitrogens is 2. The maximum absolute atomic E-state index is 13.0. The Morgan fingerprint density at radius 2 is 2.11 bits per heavy atom. The number of benzene rings is 1. The first-order chi connectivity index (χ1) is 8.38. The van der Waals surface area contributed by atoms with E-state index < -0.39 is 15.8 Å². The molecule has 0 spiro atoms. The fourth-order valence-corrected chi connectivity index (χ4v) is 2.51. The molecule has 0 aliphatic rings. The molecular weight excluding hydrogens is 257 g/mol. The molecule has 0 fully saturated rings. The van der Waals surface area contributed by atoms with Crippen LogP contribution >= 0.6 is 0 Å². The number of nitrogens with zero attached hydrogens (tertiary/aromatic N) is 2. The van der Waals surface area contributed by atoms with Gasteiger partial charge in [0.1, 0.15) is 11.6 Å². The number of rotatable bonds is 3. The van der Waals surface area contributed by atoms with Crippen LogP contribution in [0.3, 0.4) is 0 Å². The largest absolute Gasteiger partial charge is 0.337 e. The van der Waals surface area contributed by atoms with Crippen molar-refractivity contribution >= 4 is 15.7 Å². The van der Waals surface area contributed by atoms with Crippen LogP contribution in [0.1, 0.15) is 5.82 Å². The Balaban J connectivity index is 2.33. The van der Waals surface area contributed by atoms with Crippen LogP contribution in [0.4, 0.5) is 10.1 Å². The van der Waals surface area contributed by atoms with E-state index in [1.807, 2.05) is 0 Å². The van der Waals surface area contributed by atoms with Gasteiger partial charge < -0.3 is 4.57 Å². The summed E-state index contributed by atoms with van der Waals surface area (Å²) in [4.78, 5) is 3.92. The van der Waals surface area contributed by atoms with Crippen LogP contribution in [0.25, 0.3) is 0 Å². The molecule has 1 heterocycles. The number of nitrogens with one attached hydrogen (secondary N) is 1. The van der Waals surface area contributed by atoms with Crippen molar-refractivity contribution in [3.05, 3.63) is 42.1 Å². The lowest BCUT2D eigenvalue weighted by Gasteiger charge is -2.05. The van der Waals surface area contributed by atoms with Crippen LogP contribution in [-0.2, 0) is 17.1 Å². The summed E-state index contributed by atoms with van der Waals surface area (Å²) in [5.74, 6) is 0.0713. The summed E-state index contributed by atoms with van der Waals surface area (Å²) < 4.78 is 40.8. The molecule has 0 aliphatic heterocycles. The summed E-state index contributed by atoms with van der Waals surface area (Å²) in [5, 5.41) is -0.0910. The Morgan fingerprint density at radius 1 is 1.39 bits per heavy atom. The van der Waals surface area contributed by atoms with Gasteiger partial charge in [-0.2, -0.15) is 8.42 Å². The third-order valence-electron chi connectivity index (χ3n) is 2.44. The summed E-state index contributed by atoms with van der Waals surface area (Å²) in [7, 11) is -2.08. The molecule has 0 amide bonds. The molecule has 0 atom stereocenters. The van der Waals surface area contributed by atoms with Crippen LogP contribution in [0.5, 0.6) is 0 Å². The molecule has 0 bridgehead atoms. The minimum atomic E-state index is -3.78. The van der Waals surface area contributed by atoms with Gasteiger partial charge in [-0.15, -0.1) is 0 Å². The van der Waals surface area contributed by atoms with E-state index in [2.05, 4.69) is 9.71 Å². The topological polar surface area (TPSA) is 64.0 Å². The van der Waals surface area contributed by atoms with Crippen LogP contribution in [-0.4, -0.2) is 18.0 Å². The monoisotopic (exact) mass is 269 g/mol. The fraction of sp³-hybridized carbons (Fsp3) is 0.182. The smallest absolute Gasteiger partial charge is 0.280 e. The molecule has 0 saturated heterocycles. The molecule has 96 valence electrons. The first-order valence-electron chi connectivity index (χ1n) is 5.17. The molecule has 0 saturated carbocycles. The van der Waals surface area contributed by atoms with E-state index in [9.17, 15) is 12.8 Å². The first kappa shape index (κ1) is 12.6. The second-order valence-corrected chi connectivity index (χ2v) is 5.48. The van der Waals surface area contributed by atoms with Gasteiger partial charge in [0.15, 0.2) is 5.03 Å². The van der Waals surface area contributed by atoms with E-state index in [-0.39, 0.29) is 10.7 Å². The molecule has 2 aromatic rings. The van der Waals surface area contributed by atoms with Crippen molar-refractivity contribution < 1.29 is 12.8 Å². The lowest BCUT2D eigenvalue weighted by Crippen LogP contribution is -2.13. The van der Waals surface area contributed by atoms with E-state index in [0.717, 1.165) is 6.07 Å². The van der Waals surface area contributed by atoms with Gasteiger partial charge in [0, 0.05) is 13.2 Å². The number of hydrogen-bond acceptors (Lipinski definition) is 3. The van der Waals surface area contributed by atoms with E-state index in [1.165, 1.54) is 24.4 Å². The van der Waals surface area contributed by atoms with Gasteiger partial charge in [0.2, 0.25) is 0 Å². The van der Waals surface area contributed by atoms with Crippen LogP contribution in [0, 0.1) is 12.7 Å². The lowest BCUT2D eigenvalue weighted by atomic mass is 10.3.